The van der Waals surface area contributed by atoms with Crippen LogP contribution in [-0.2, 0) is 16.1 Å². The minimum atomic E-state index is 0.297. The van der Waals surface area contributed by atoms with Crippen molar-refractivity contribution in [1.82, 2.24) is 9.97 Å². The Morgan fingerprint density at radius 1 is 1.28 bits per heavy atom. The van der Waals surface area contributed by atoms with Crippen LogP contribution in [0.3, 0.4) is 0 Å². The van der Waals surface area contributed by atoms with Gasteiger partial charge in [-0.2, -0.15) is 0 Å². The minimum absolute atomic E-state index is 0.297. The first-order chi connectivity index (χ1) is 12.2. The minimum Gasteiger partial charge on any atom is -0.375 e. The largest absolute Gasteiger partial charge is 0.375 e. The summed E-state index contributed by atoms with van der Waals surface area (Å²) >= 11 is 1.68. The number of rotatable bonds is 5. The maximum atomic E-state index is 6.05. The molecule has 1 aliphatic carbocycles. The van der Waals surface area contributed by atoms with E-state index in [2.05, 4.69) is 27.4 Å². The molecule has 3 heterocycles. The Balaban J connectivity index is 1.35. The van der Waals surface area contributed by atoms with E-state index in [9.17, 15) is 0 Å². The van der Waals surface area contributed by atoms with Crippen LogP contribution in [0.5, 0.6) is 0 Å². The van der Waals surface area contributed by atoms with Crippen molar-refractivity contribution in [3.05, 3.63) is 40.0 Å². The van der Waals surface area contributed by atoms with Crippen LogP contribution in [0.2, 0.25) is 0 Å². The molecule has 2 aromatic heterocycles. The highest BCUT2D eigenvalue weighted by molar-refractivity contribution is 7.09. The number of hydrogen-bond acceptors (Lipinski definition) is 6. The molecule has 2 aromatic rings. The summed E-state index contributed by atoms with van der Waals surface area (Å²) in [7, 11) is 0. The van der Waals surface area contributed by atoms with E-state index in [1.54, 1.807) is 11.3 Å². The third kappa shape index (κ3) is 3.86. The van der Waals surface area contributed by atoms with Gasteiger partial charge in [0.05, 0.1) is 42.7 Å². The number of aryl methyl sites for hydroxylation is 2. The average Bonchev–Trinajstić information content (AvgIpc) is 3.20. The zero-order valence-electron chi connectivity index (χ0n) is 14.9. The van der Waals surface area contributed by atoms with Crippen molar-refractivity contribution in [2.75, 3.05) is 24.7 Å². The van der Waals surface area contributed by atoms with E-state index in [1.807, 2.05) is 19.9 Å². The molecule has 0 unspecified atom stereocenters. The van der Waals surface area contributed by atoms with E-state index < -0.39 is 0 Å². The van der Waals surface area contributed by atoms with Crippen molar-refractivity contribution in [1.29, 1.82) is 0 Å². The van der Waals surface area contributed by atoms with Gasteiger partial charge in [-0.15, -0.1) is 11.3 Å². The predicted octanol–water partition coefficient (Wildman–Crippen LogP) is 3.36. The number of hydrogen-bond donors (Lipinski definition) is 0. The first kappa shape index (κ1) is 16.9. The highest BCUT2D eigenvalue weighted by atomic mass is 32.1. The molecule has 0 aromatic carbocycles. The van der Waals surface area contributed by atoms with Gasteiger partial charge in [-0.25, -0.2) is 9.97 Å². The Morgan fingerprint density at radius 2 is 2.20 bits per heavy atom. The lowest BCUT2D eigenvalue weighted by molar-refractivity contribution is 0.0202. The van der Waals surface area contributed by atoms with Gasteiger partial charge in [0.2, 0.25) is 0 Å². The molecule has 3 atom stereocenters. The second-order valence-corrected chi connectivity index (χ2v) is 8.08. The van der Waals surface area contributed by atoms with Gasteiger partial charge in [-0.3, -0.25) is 0 Å². The first-order valence-electron chi connectivity index (χ1n) is 8.99. The molecule has 134 valence electrons. The summed E-state index contributed by atoms with van der Waals surface area (Å²) in [5, 5.41) is 3.18. The highest BCUT2D eigenvalue weighted by Gasteiger charge is 2.41. The van der Waals surface area contributed by atoms with Gasteiger partial charge in [0.1, 0.15) is 5.82 Å². The number of pyridine rings is 1. The van der Waals surface area contributed by atoms with E-state index in [4.69, 9.17) is 14.5 Å². The lowest BCUT2D eigenvalue weighted by atomic mass is 10.1. The third-order valence-corrected chi connectivity index (χ3v) is 5.89. The standard InChI is InChI=1S/C19H25N3O2S/c1-13-4-3-5-19(20-13)22-6-7-24-18-9-15(8-17(18)22)10-23-11-16-12-25-14(2)21-16/h3-5,12,15,17-18H,6-11H2,1-2H3/t15-,17+,18+/m0/s1. The smallest absolute Gasteiger partial charge is 0.129 e. The number of aromatic nitrogens is 2. The molecule has 2 fully saturated rings. The summed E-state index contributed by atoms with van der Waals surface area (Å²) in [4.78, 5) is 11.6. The normalized spacial score (nSPS) is 26.0. The van der Waals surface area contributed by atoms with E-state index in [1.165, 1.54) is 0 Å². The second-order valence-electron chi connectivity index (χ2n) is 7.02. The van der Waals surface area contributed by atoms with Gasteiger partial charge in [0.15, 0.2) is 0 Å². The molecule has 1 aliphatic heterocycles. The van der Waals surface area contributed by atoms with E-state index in [0.717, 1.165) is 54.8 Å². The molecule has 0 radical (unpaired) electrons. The second kappa shape index (κ2) is 7.40. The quantitative estimate of drug-likeness (QED) is 0.819. The molecule has 0 bridgehead atoms. The first-order valence-corrected chi connectivity index (χ1v) is 9.87. The van der Waals surface area contributed by atoms with Gasteiger partial charge < -0.3 is 14.4 Å². The number of nitrogens with zero attached hydrogens (tertiary/aromatic N) is 3. The monoisotopic (exact) mass is 359 g/mol. The molecule has 0 spiro atoms. The van der Waals surface area contributed by atoms with Gasteiger partial charge in [-0.1, -0.05) is 6.07 Å². The van der Waals surface area contributed by atoms with Crippen LogP contribution in [0.1, 0.15) is 29.2 Å². The summed E-state index contributed by atoms with van der Waals surface area (Å²) in [6.45, 7) is 7.17. The number of thiazole rings is 1. The average molecular weight is 359 g/mol. The molecule has 5 nitrogen and oxygen atoms in total. The van der Waals surface area contributed by atoms with Crippen LogP contribution in [0.25, 0.3) is 0 Å². The summed E-state index contributed by atoms with van der Waals surface area (Å²) in [5.74, 6) is 1.62. The molecular weight excluding hydrogens is 334 g/mol. The Labute approximate surface area is 153 Å². The lowest BCUT2D eigenvalue weighted by Crippen LogP contribution is -2.49. The van der Waals surface area contributed by atoms with Crippen LogP contribution < -0.4 is 4.90 Å². The van der Waals surface area contributed by atoms with E-state index >= 15 is 0 Å². The number of morpholine rings is 1. The zero-order valence-corrected chi connectivity index (χ0v) is 15.7. The molecule has 2 aliphatic rings. The van der Waals surface area contributed by atoms with Gasteiger partial charge in [-0.05, 0) is 44.7 Å². The fourth-order valence-electron chi connectivity index (χ4n) is 3.96. The van der Waals surface area contributed by atoms with Crippen molar-refractivity contribution >= 4 is 17.2 Å². The Kier molecular flexibility index (Phi) is 5.01. The van der Waals surface area contributed by atoms with Crippen LogP contribution in [0, 0.1) is 19.8 Å². The van der Waals surface area contributed by atoms with E-state index in [0.29, 0.717) is 24.7 Å². The summed E-state index contributed by atoms with van der Waals surface area (Å²) in [6.07, 6.45) is 2.48. The Bertz CT molecular complexity index is 720. The molecule has 4 rings (SSSR count). The van der Waals surface area contributed by atoms with Crippen molar-refractivity contribution in [3.8, 4) is 0 Å². The molecule has 0 amide bonds. The Hall–Kier alpha value is -1.50. The summed E-state index contributed by atoms with van der Waals surface area (Å²) < 4.78 is 12.0. The van der Waals surface area contributed by atoms with Crippen LogP contribution >= 0.6 is 11.3 Å². The molecular formula is C19H25N3O2S. The van der Waals surface area contributed by atoms with Gasteiger partial charge in [0.25, 0.3) is 0 Å². The molecule has 1 saturated heterocycles. The maximum absolute atomic E-state index is 6.05. The number of fused-ring (bicyclic) bond motifs is 1. The lowest BCUT2D eigenvalue weighted by Gasteiger charge is -2.38. The number of ether oxygens (including phenoxy) is 2. The summed E-state index contributed by atoms with van der Waals surface area (Å²) in [5.41, 5.74) is 2.11. The zero-order chi connectivity index (χ0) is 17.2. The van der Waals surface area contributed by atoms with Crippen molar-refractivity contribution < 1.29 is 9.47 Å². The molecule has 1 saturated carbocycles. The highest BCUT2D eigenvalue weighted by Crippen LogP contribution is 2.36. The van der Waals surface area contributed by atoms with Gasteiger partial charge >= 0.3 is 0 Å². The van der Waals surface area contributed by atoms with E-state index in [-0.39, 0.29) is 0 Å². The third-order valence-electron chi connectivity index (χ3n) is 5.07. The van der Waals surface area contributed by atoms with Crippen LogP contribution in [-0.4, -0.2) is 41.9 Å². The van der Waals surface area contributed by atoms with Crippen molar-refractivity contribution in [2.45, 2.75) is 45.4 Å². The Morgan fingerprint density at radius 3 is 3.00 bits per heavy atom. The fraction of sp³-hybridized carbons (Fsp3) is 0.579. The van der Waals surface area contributed by atoms with Crippen LogP contribution in [0.15, 0.2) is 23.6 Å². The predicted molar refractivity (Wildman–Crippen MR) is 99.1 cm³/mol. The fourth-order valence-corrected chi connectivity index (χ4v) is 4.56. The topological polar surface area (TPSA) is 47.5 Å². The van der Waals surface area contributed by atoms with Gasteiger partial charge in [0, 0.05) is 17.6 Å². The van der Waals surface area contributed by atoms with Crippen molar-refractivity contribution in [2.24, 2.45) is 5.92 Å². The number of anilines is 1. The molecule has 25 heavy (non-hydrogen) atoms. The SMILES string of the molecule is Cc1cccc(N2CCO[C@@H]3C[C@@H](COCc4csc(C)n4)C[C@H]32)n1. The molecule has 6 heteroatoms. The van der Waals surface area contributed by atoms with Crippen molar-refractivity contribution in [3.63, 3.8) is 0 Å². The molecule has 0 N–H and O–H groups in total. The van der Waals surface area contributed by atoms with Crippen LogP contribution in [0.4, 0.5) is 5.82 Å². The summed E-state index contributed by atoms with van der Waals surface area (Å²) in [6, 6.07) is 6.67. The maximum Gasteiger partial charge on any atom is 0.129 e.